The molecule has 0 bridgehead atoms. The largest absolute Gasteiger partial charge is 0.459 e. The first-order valence-corrected chi connectivity index (χ1v) is 14.9. The molecule has 2 fully saturated rings. The van der Waals surface area contributed by atoms with Crippen LogP contribution < -0.4 is 15.1 Å². The molecular weight excluding hydrogens is 559 g/mol. The molecule has 4 aromatic rings. The number of benzene rings is 2. The van der Waals surface area contributed by atoms with E-state index < -0.39 is 0 Å². The molecule has 0 amide bonds. The minimum atomic E-state index is -0.269. The fourth-order valence-corrected chi connectivity index (χ4v) is 6.92. The van der Waals surface area contributed by atoms with Crippen LogP contribution in [0.1, 0.15) is 49.4 Å². The van der Waals surface area contributed by atoms with Crippen LogP contribution in [0.3, 0.4) is 0 Å². The lowest BCUT2D eigenvalue weighted by Crippen LogP contribution is -2.38. The number of piperidine rings is 1. The number of thiocarbonyl (C=S) groups is 1. The van der Waals surface area contributed by atoms with Crippen LogP contribution in [-0.4, -0.2) is 23.2 Å². The molecule has 2 aromatic carbocycles. The van der Waals surface area contributed by atoms with Gasteiger partial charge in [-0.25, -0.2) is 0 Å². The van der Waals surface area contributed by atoms with E-state index >= 15 is 0 Å². The molecule has 4 atom stereocenters. The van der Waals surface area contributed by atoms with Gasteiger partial charge in [0.25, 0.3) is 0 Å². The van der Waals surface area contributed by atoms with Crippen molar-refractivity contribution in [2.75, 3.05) is 22.9 Å². The molecule has 206 valence electrons. The standard InChI is InChI=1S/C32H32Cl2N4OS/c1-19-14-20(2)18-37(17-19)27-10-9-23(16-25(27)34)38-31(30(36-32(38)40)26-6-4-5-13-35-26)29-12-11-28(39-29)22-8-7-21(3)24(33)15-22/h4-13,15-16,19-20,30-31H,14,17-18H2,1-3H3,(H,36,40)/t19-,20-,30-,31+/m0/s1. The Hall–Kier alpha value is -3.06. The number of hydrogen-bond acceptors (Lipinski definition) is 4. The first-order valence-electron chi connectivity index (χ1n) is 13.7. The molecule has 1 N–H and O–H groups in total. The number of aromatic nitrogens is 1. The number of halogens is 2. The van der Waals surface area contributed by atoms with Gasteiger partial charge >= 0.3 is 0 Å². The number of rotatable bonds is 5. The quantitative estimate of drug-likeness (QED) is 0.235. The maximum atomic E-state index is 6.96. The molecule has 8 heteroatoms. The third-order valence-electron chi connectivity index (χ3n) is 7.89. The minimum Gasteiger partial charge on any atom is -0.459 e. The summed E-state index contributed by atoms with van der Waals surface area (Å²) in [5.74, 6) is 2.79. The molecule has 6 rings (SSSR count). The number of aryl methyl sites for hydroxylation is 1. The fourth-order valence-electron chi connectivity index (χ4n) is 6.10. The third-order valence-corrected chi connectivity index (χ3v) is 8.92. The molecule has 2 aromatic heterocycles. The van der Waals surface area contributed by atoms with Crippen LogP contribution in [0.15, 0.2) is 77.3 Å². The van der Waals surface area contributed by atoms with Gasteiger partial charge in [0.15, 0.2) is 5.11 Å². The van der Waals surface area contributed by atoms with E-state index in [1.165, 1.54) is 6.42 Å². The Morgan fingerprint density at radius 2 is 1.75 bits per heavy atom. The van der Waals surface area contributed by atoms with Gasteiger partial charge in [-0.05, 0) is 91.5 Å². The van der Waals surface area contributed by atoms with Gasteiger partial charge in [0.1, 0.15) is 17.6 Å². The maximum absolute atomic E-state index is 6.96. The van der Waals surface area contributed by atoms with E-state index in [1.54, 1.807) is 6.20 Å². The second-order valence-electron chi connectivity index (χ2n) is 11.1. The highest BCUT2D eigenvalue weighted by Gasteiger charge is 2.43. The second-order valence-corrected chi connectivity index (χ2v) is 12.4. The molecule has 2 saturated heterocycles. The van der Waals surface area contributed by atoms with Crippen LogP contribution in [0.5, 0.6) is 0 Å². The Morgan fingerprint density at radius 3 is 2.45 bits per heavy atom. The van der Waals surface area contributed by atoms with Gasteiger partial charge < -0.3 is 19.5 Å². The molecule has 0 unspecified atom stereocenters. The van der Waals surface area contributed by atoms with Crippen molar-refractivity contribution in [3.05, 3.63) is 100.0 Å². The zero-order valence-electron chi connectivity index (χ0n) is 22.8. The van der Waals surface area contributed by atoms with Crippen LogP contribution in [-0.2, 0) is 0 Å². The molecule has 2 aliphatic rings. The Morgan fingerprint density at radius 1 is 0.950 bits per heavy atom. The van der Waals surface area contributed by atoms with Gasteiger partial charge in [-0.1, -0.05) is 55.2 Å². The van der Waals surface area contributed by atoms with Crippen LogP contribution in [0.4, 0.5) is 11.4 Å². The predicted molar refractivity (Wildman–Crippen MR) is 168 cm³/mol. The van der Waals surface area contributed by atoms with Crippen molar-refractivity contribution in [2.24, 2.45) is 11.8 Å². The average molecular weight is 592 g/mol. The monoisotopic (exact) mass is 590 g/mol. The highest BCUT2D eigenvalue weighted by atomic mass is 35.5. The summed E-state index contributed by atoms with van der Waals surface area (Å²) in [6.07, 6.45) is 3.05. The van der Waals surface area contributed by atoms with Crippen molar-refractivity contribution in [2.45, 2.75) is 39.3 Å². The summed E-state index contributed by atoms with van der Waals surface area (Å²) in [7, 11) is 0. The topological polar surface area (TPSA) is 44.5 Å². The van der Waals surface area contributed by atoms with Crippen molar-refractivity contribution in [1.29, 1.82) is 0 Å². The van der Waals surface area contributed by atoms with Crippen LogP contribution in [0.2, 0.25) is 10.0 Å². The lowest BCUT2D eigenvalue weighted by Gasteiger charge is -2.37. The number of nitrogens with one attached hydrogen (secondary N) is 1. The fraction of sp³-hybridized carbons (Fsp3) is 0.312. The summed E-state index contributed by atoms with van der Waals surface area (Å²) < 4.78 is 6.50. The normalized spacial score (nSPS) is 23.0. The van der Waals surface area contributed by atoms with Gasteiger partial charge in [-0.15, -0.1) is 0 Å². The molecule has 0 spiro atoms. The minimum absolute atomic E-state index is 0.212. The third kappa shape index (κ3) is 5.20. The Balaban J connectivity index is 1.38. The van der Waals surface area contributed by atoms with E-state index in [1.807, 2.05) is 61.5 Å². The molecule has 0 radical (unpaired) electrons. The smallest absolute Gasteiger partial charge is 0.174 e. The molecule has 0 aliphatic carbocycles. The predicted octanol–water partition coefficient (Wildman–Crippen LogP) is 8.62. The Labute approximate surface area is 251 Å². The SMILES string of the molecule is Cc1ccc(-c2ccc([C@@H]3[C@H](c4ccccn4)NC(=S)N3c3ccc(N4C[C@@H](C)C[C@H](C)C4)c(Cl)c3)o2)cc1Cl. The number of furan rings is 1. The summed E-state index contributed by atoms with van der Waals surface area (Å²) in [5, 5.41) is 5.53. The molecule has 0 saturated carbocycles. The van der Waals surface area contributed by atoms with Gasteiger partial charge in [0.05, 0.1) is 22.4 Å². The van der Waals surface area contributed by atoms with E-state index in [2.05, 4.69) is 46.1 Å². The van der Waals surface area contributed by atoms with E-state index in [0.717, 1.165) is 57.8 Å². The zero-order chi connectivity index (χ0) is 28.0. The van der Waals surface area contributed by atoms with Crippen molar-refractivity contribution < 1.29 is 4.42 Å². The number of hydrogen-bond donors (Lipinski definition) is 1. The summed E-state index contributed by atoms with van der Waals surface area (Å²) in [6.45, 7) is 8.63. The van der Waals surface area contributed by atoms with Crippen molar-refractivity contribution >= 4 is 51.9 Å². The van der Waals surface area contributed by atoms with E-state index in [0.29, 0.717) is 22.0 Å². The summed E-state index contributed by atoms with van der Waals surface area (Å²) in [4.78, 5) is 9.15. The molecular formula is C32H32Cl2N4OS. The van der Waals surface area contributed by atoms with E-state index in [-0.39, 0.29) is 12.1 Å². The second kappa shape index (κ2) is 11.1. The van der Waals surface area contributed by atoms with Gasteiger partial charge in [-0.3, -0.25) is 4.98 Å². The first kappa shape index (κ1) is 27.1. The van der Waals surface area contributed by atoms with E-state index in [4.69, 9.17) is 39.8 Å². The van der Waals surface area contributed by atoms with Gasteiger partial charge in [-0.2, -0.15) is 0 Å². The van der Waals surface area contributed by atoms with Crippen molar-refractivity contribution in [3.8, 4) is 11.3 Å². The van der Waals surface area contributed by atoms with Gasteiger partial charge in [0, 0.05) is 35.6 Å². The molecule has 5 nitrogen and oxygen atoms in total. The number of anilines is 2. The molecule has 2 aliphatic heterocycles. The average Bonchev–Trinajstić information content (AvgIpc) is 3.55. The number of pyridine rings is 1. The highest BCUT2D eigenvalue weighted by molar-refractivity contribution is 7.80. The van der Waals surface area contributed by atoms with Crippen molar-refractivity contribution in [1.82, 2.24) is 10.3 Å². The van der Waals surface area contributed by atoms with Crippen LogP contribution in [0.25, 0.3) is 11.3 Å². The lowest BCUT2D eigenvalue weighted by atomic mass is 9.91. The Kier molecular flexibility index (Phi) is 7.51. The molecule has 4 heterocycles. The van der Waals surface area contributed by atoms with Crippen LogP contribution in [0, 0.1) is 18.8 Å². The van der Waals surface area contributed by atoms with E-state index in [9.17, 15) is 0 Å². The first-order chi connectivity index (χ1) is 19.3. The molecule has 40 heavy (non-hydrogen) atoms. The maximum Gasteiger partial charge on any atom is 0.174 e. The lowest BCUT2D eigenvalue weighted by molar-refractivity contribution is 0.357. The van der Waals surface area contributed by atoms with Gasteiger partial charge in [0.2, 0.25) is 0 Å². The number of nitrogens with zero attached hydrogens (tertiary/aromatic N) is 3. The van der Waals surface area contributed by atoms with Crippen LogP contribution >= 0.6 is 35.4 Å². The summed E-state index contributed by atoms with van der Waals surface area (Å²) >= 11 is 19.3. The summed E-state index contributed by atoms with van der Waals surface area (Å²) in [5.41, 5.74) is 4.81. The highest BCUT2D eigenvalue weighted by Crippen LogP contribution is 2.44. The van der Waals surface area contributed by atoms with Crippen molar-refractivity contribution in [3.63, 3.8) is 0 Å². The zero-order valence-corrected chi connectivity index (χ0v) is 25.1. The summed E-state index contributed by atoms with van der Waals surface area (Å²) in [6, 6.07) is 21.6. The Bertz CT molecular complexity index is 1530.